The van der Waals surface area contributed by atoms with Crippen LogP contribution >= 0.6 is 0 Å². The summed E-state index contributed by atoms with van der Waals surface area (Å²) in [5.41, 5.74) is 5.48. The van der Waals surface area contributed by atoms with Crippen LogP contribution in [0.15, 0.2) is 0 Å². The van der Waals surface area contributed by atoms with Gasteiger partial charge in [-0.15, -0.1) is 0 Å². The Kier molecular flexibility index (Phi) is 6.49. The fourth-order valence-electron chi connectivity index (χ4n) is 1.26. The second-order valence-electron chi connectivity index (χ2n) is 4.01. The van der Waals surface area contributed by atoms with E-state index in [1.54, 1.807) is 0 Å². The molecule has 0 aromatic carbocycles. The molecule has 0 aromatic heterocycles. The molecule has 0 aliphatic rings. The summed E-state index contributed by atoms with van der Waals surface area (Å²) in [6.45, 7) is 6.62. The Morgan fingerprint density at radius 2 is 2.00 bits per heavy atom. The molecule has 0 spiro atoms. The highest BCUT2D eigenvalue weighted by atomic mass is 16.5. The highest BCUT2D eigenvalue weighted by molar-refractivity contribution is 5.75. The van der Waals surface area contributed by atoms with Gasteiger partial charge in [-0.3, -0.25) is 4.79 Å². The van der Waals surface area contributed by atoms with Crippen LogP contribution in [0.4, 0.5) is 0 Å². The Hall–Kier alpha value is -0.610. The minimum Gasteiger partial charge on any atom is -0.468 e. The van der Waals surface area contributed by atoms with E-state index in [0.29, 0.717) is 12.5 Å². The van der Waals surface area contributed by atoms with Crippen molar-refractivity contribution < 1.29 is 9.53 Å². The molecule has 4 nitrogen and oxygen atoms in total. The predicted octanol–water partition coefficient (Wildman–Crippen LogP) is 0.511. The van der Waals surface area contributed by atoms with Crippen LogP contribution in [0, 0.1) is 5.92 Å². The van der Waals surface area contributed by atoms with Gasteiger partial charge in [0.15, 0.2) is 0 Å². The van der Waals surface area contributed by atoms with Gasteiger partial charge in [0.05, 0.1) is 7.11 Å². The molecule has 0 aromatic rings. The molecule has 0 radical (unpaired) electrons. The van der Waals surface area contributed by atoms with Crippen molar-refractivity contribution in [2.24, 2.45) is 11.7 Å². The van der Waals surface area contributed by atoms with Crippen LogP contribution in [0.3, 0.4) is 0 Å². The Balaban J connectivity index is 4.17. The van der Waals surface area contributed by atoms with Crippen molar-refractivity contribution in [3.8, 4) is 0 Å². The largest absolute Gasteiger partial charge is 0.468 e. The topological polar surface area (TPSA) is 64.3 Å². The van der Waals surface area contributed by atoms with E-state index in [0.717, 1.165) is 6.42 Å². The normalized spacial score (nSPS) is 15.3. The average Bonchev–Trinajstić information content (AvgIpc) is 2.14. The van der Waals surface area contributed by atoms with Crippen LogP contribution in [-0.4, -0.2) is 31.7 Å². The molecule has 0 fully saturated rings. The molecule has 0 aliphatic carbocycles. The van der Waals surface area contributed by atoms with Crippen LogP contribution < -0.4 is 11.1 Å². The van der Waals surface area contributed by atoms with Crippen LogP contribution in [0.25, 0.3) is 0 Å². The van der Waals surface area contributed by atoms with E-state index < -0.39 is 0 Å². The lowest BCUT2D eigenvalue weighted by molar-refractivity contribution is -0.143. The lowest BCUT2D eigenvalue weighted by Crippen LogP contribution is -2.46. The summed E-state index contributed by atoms with van der Waals surface area (Å²) < 4.78 is 4.72. The molecule has 4 heteroatoms. The Labute approximate surface area is 86.2 Å². The Morgan fingerprint density at radius 1 is 1.43 bits per heavy atom. The molecule has 0 heterocycles. The number of carbonyl (C=O) groups excluding carboxylic acids is 1. The summed E-state index contributed by atoms with van der Waals surface area (Å²) in [6.07, 6.45) is 0.775. The van der Waals surface area contributed by atoms with Gasteiger partial charge in [-0.2, -0.15) is 0 Å². The molecule has 0 amide bonds. The van der Waals surface area contributed by atoms with Crippen molar-refractivity contribution in [3.05, 3.63) is 0 Å². The van der Waals surface area contributed by atoms with Crippen LogP contribution in [0.5, 0.6) is 0 Å². The van der Waals surface area contributed by atoms with Gasteiger partial charge in [0.2, 0.25) is 0 Å². The van der Waals surface area contributed by atoms with Crippen LogP contribution in [-0.2, 0) is 9.53 Å². The quantitative estimate of drug-likeness (QED) is 0.616. The highest BCUT2D eigenvalue weighted by Gasteiger charge is 2.21. The first-order valence-electron chi connectivity index (χ1n) is 5.05. The van der Waals surface area contributed by atoms with E-state index in [-0.39, 0.29) is 18.1 Å². The lowest BCUT2D eigenvalue weighted by atomic mass is 10.0. The lowest BCUT2D eigenvalue weighted by Gasteiger charge is -2.21. The molecule has 0 saturated heterocycles. The van der Waals surface area contributed by atoms with Gasteiger partial charge in [-0.1, -0.05) is 13.8 Å². The van der Waals surface area contributed by atoms with Crippen molar-refractivity contribution in [1.29, 1.82) is 0 Å². The molecular formula is C10H22N2O2. The summed E-state index contributed by atoms with van der Waals surface area (Å²) in [6, 6.07) is -0.101. The van der Waals surface area contributed by atoms with Gasteiger partial charge < -0.3 is 15.8 Å². The number of ether oxygens (including phenoxy) is 1. The van der Waals surface area contributed by atoms with E-state index in [1.165, 1.54) is 7.11 Å². The van der Waals surface area contributed by atoms with Crippen molar-refractivity contribution in [2.75, 3.05) is 13.7 Å². The van der Waals surface area contributed by atoms with Crippen molar-refractivity contribution in [3.63, 3.8) is 0 Å². The second-order valence-corrected chi connectivity index (χ2v) is 4.01. The SMILES string of the molecule is COC(=O)C(CC(C)C)NC(C)CN. The van der Waals surface area contributed by atoms with Gasteiger partial charge in [0, 0.05) is 12.6 Å². The van der Waals surface area contributed by atoms with E-state index in [9.17, 15) is 4.79 Å². The monoisotopic (exact) mass is 202 g/mol. The highest BCUT2D eigenvalue weighted by Crippen LogP contribution is 2.06. The molecule has 2 unspecified atom stereocenters. The number of nitrogens with two attached hydrogens (primary N) is 1. The molecule has 0 aliphatic heterocycles. The number of carbonyl (C=O) groups is 1. The first-order valence-corrected chi connectivity index (χ1v) is 5.05. The molecule has 2 atom stereocenters. The second kappa shape index (κ2) is 6.79. The Morgan fingerprint density at radius 3 is 2.36 bits per heavy atom. The number of hydrogen-bond donors (Lipinski definition) is 2. The van der Waals surface area contributed by atoms with Gasteiger partial charge in [-0.05, 0) is 19.3 Å². The third-order valence-electron chi connectivity index (χ3n) is 2.03. The molecule has 0 saturated carbocycles. The fraction of sp³-hybridized carbons (Fsp3) is 0.900. The van der Waals surface area contributed by atoms with E-state index >= 15 is 0 Å². The first-order chi connectivity index (χ1) is 6.51. The number of hydrogen-bond acceptors (Lipinski definition) is 4. The number of methoxy groups -OCH3 is 1. The van der Waals surface area contributed by atoms with E-state index in [2.05, 4.69) is 19.2 Å². The molecule has 84 valence electrons. The van der Waals surface area contributed by atoms with E-state index in [1.807, 2.05) is 6.92 Å². The van der Waals surface area contributed by atoms with Crippen LogP contribution in [0.1, 0.15) is 27.2 Å². The Bertz CT molecular complexity index is 172. The molecule has 14 heavy (non-hydrogen) atoms. The summed E-state index contributed by atoms with van der Waals surface area (Å²) >= 11 is 0. The summed E-state index contributed by atoms with van der Waals surface area (Å²) in [5.74, 6) is 0.246. The minimum absolute atomic E-state index is 0.137. The zero-order valence-corrected chi connectivity index (χ0v) is 9.54. The van der Waals surface area contributed by atoms with E-state index in [4.69, 9.17) is 10.5 Å². The zero-order chi connectivity index (χ0) is 11.1. The summed E-state index contributed by atoms with van der Waals surface area (Å²) in [5, 5.41) is 3.15. The van der Waals surface area contributed by atoms with Crippen molar-refractivity contribution >= 4 is 5.97 Å². The standard InChI is InChI=1S/C10H22N2O2/c1-7(2)5-9(10(13)14-4)12-8(3)6-11/h7-9,12H,5-6,11H2,1-4H3. The molecular weight excluding hydrogens is 180 g/mol. The van der Waals surface area contributed by atoms with Gasteiger partial charge in [-0.25, -0.2) is 0 Å². The summed E-state index contributed by atoms with van der Waals surface area (Å²) in [7, 11) is 1.41. The maximum atomic E-state index is 11.4. The number of esters is 1. The van der Waals surface area contributed by atoms with Crippen molar-refractivity contribution in [2.45, 2.75) is 39.3 Å². The maximum Gasteiger partial charge on any atom is 0.322 e. The summed E-state index contributed by atoms with van der Waals surface area (Å²) in [4.78, 5) is 11.4. The first kappa shape index (κ1) is 13.4. The third-order valence-corrected chi connectivity index (χ3v) is 2.03. The molecule has 0 rings (SSSR count). The van der Waals surface area contributed by atoms with Crippen molar-refractivity contribution in [1.82, 2.24) is 5.32 Å². The smallest absolute Gasteiger partial charge is 0.322 e. The predicted molar refractivity (Wildman–Crippen MR) is 56.9 cm³/mol. The van der Waals surface area contributed by atoms with Gasteiger partial charge in [0.25, 0.3) is 0 Å². The minimum atomic E-state index is -0.237. The van der Waals surface area contributed by atoms with Gasteiger partial charge >= 0.3 is 5.97 Å². The van der Waals surface area contributed by atoms with Crippen LogP contribution in [0.2, 0.25) is 0 Å². The number of nitrogens with one attached hydrogen (secondary N) is 1. The number of rotatable bonds is 6. The maximum absolute atomic E-state index is 11.4. The zero-order valence-electron chi connectivity index (χ0n) is 9.54. The average molecular weight is 202 g/mol. The molecule has 0 bridgehead atoms. The fourth-order valence-corrected chi connectivity index (χ4v) is 1.26. The van der Waals surface area contributed by atoms with Gasteiger partial charge in [0.1, 0.15) is 6.04 Å². The molecule has 3 N–H and O–H groups in total. The third kappa shape index (κ3) is 5.19.